The monoisotopic (exact) mass is 358 g/mol. The van der Waals surface area contributed by atoms with Crippen LogP contribution in [0.3, 0.4) is 0 Å². The molecule has 0 nitrogen and oxygen atoms in total. The number of unbranched alkanes of at least 4 members (excludes halogenated alkanes) is 13. The quantitative estimate of drug-likeness (QED) is 0.179. The van der Waals surface area contributed by atoms with Crippen molar-refractivity contribution in [2.45, 2.75) is 129 Å². The first kappa shape index (κ1) is 21.8. The van der Waals surface area contributed by atoms with Crippen molar-refractivity contribution in [1.29, 1.82) is 0 Å². The molecule has 2 rings (SSSR count). The molecular formula is C26H46. The predicted octanol–water partition coefficient (Wildman–Crippen LogP) is 9.16. The average molecular weight is 359 g/mol. The third-order valence-corrected chi connectivity index (χ3v) is 6.84. The predicted molar refractivity (Wildman–Crippen MR) is 118 cm³/mol. The zero-order chi connectivity index (χ0) is 18.3. The van der Waals surface area contributed by atoms with E-state index in [9.17, 15) is 0 Å². The minimum absolute atomic E-state index is 0.659. The molecule has 1 saturated carbocycles. The average Bonchev–Trinajstić information content (AvgIpc) is 3.25. The van der Waals surface area contributed by atoms with E-state index < -0.39 is 0 Å². The van der Waals surface area contributed by atoms with Crippen molar-refractivity contribution in [2.75, 3.05) is 0 Å². The van der Waals surface area contributed by atoms with Gasteiger partial charge in [0.05, 0.1) is 0 Å². The van der Waals surface area contributed by atoms with Crippen LogP contribution in [0.25, 0.3) is 0 Å². The van der Waals surface area contributed by atoms with Gasteiger partial charge in [0.1, 0.15) is 0 Å². The topological polar surface area (TPSA) is 0 Å². The third-order valence-electron chi connectivity index (χ3n) is 6.84. The zero-order valence-electron chi connectivity index (χ0n) is 17.8. The van der Waals surface area contributed by atoms with Gasteiger partial charge in [-0.15, -0.1) is 0 Å². The van der Waals surface area contributed by atoms with Crippen molar-refractivity contribution >= 4 is 0 Å². The molecule has 150 valence electrons. The smallest absolute Gasteiger partial charge is 0.0112 e. The van der Waals surface area contributed by atoms with E-state index >= 15 is 0 Å². The van der Waals surface area contributed by atoms with Crippen molar-refractivity contribution in [3.05, 3.63) is 24.3 Å². The number of allylic oxidation sites excluding steroid dienone is 4. The number of fused-ring (bicyclic) bond motifs is 2. The molecule has 0 aliphatic heterocycles. The fourth-order valence-corrected chi connectivity index (χ4v) is 5.07. The Labute approximate surface area is 164 Å². The molecule has 0 spiro atoms. The van der Waals surface area contributed by atoms with Gasteiger partial charge >= 0.3 is 0 Å². The lowest BCUT2D eigenvalue weighted by atomic mass is 9.82. The van der Waals surface area contributed by atoms with E-state index in [4.69, 9.17) is 0 Å². The van der Waals surface area contributed by atoms with Crippen LogP contribution in [0.2, 0.25) is 0 Å². The summed E-state index contributed by atoms with van der Waals surface area (Å²) in [7, 11) is 0. The van der Waals surface area contributed by atoms with E-state index in [0.717, 1.165) is 5.92 Å². The minimum Gasteiger partial charge on any atom is -0.0885 e. The van der Waals surface area contributed by atoms with Gasteiger partial charge in [-0.3, -0.25) is 0 Å². The Kier molecular flexibility index (Phi) is 11.4. The Bertz CT molecular complexity index is 391. The Morgan fingerprint density at radius 1 is 0.769 bits per heavy atom. The molecule has 0 aromatic carbocycles. The van der Waals surface area contributed by atoms with Gasteiger partial charge in [-0.1, -0.05) is 102 Å². The highest BCUT2D eigenvalue weighted by atomic mass is 14.4. The number of hydrogen-bond acceptors (Lipinski definition) is 0. The van der Waals surface area contributed by atoms with Crippen molar-refractivity contribution < 1.29 is 0 Å². The lowest BCUT2D eigenvalue weighted by molar-refractivity contribution is 0.350. The summed E-state index contributed by atoms with van der Waals surface area (Å²) < 4.78 is 0. The Morgan fingerprint density at radius 2 is 1.35 bits per heavy atom. The second kappa shape index (κ2) is 13.6. The summed E-state index contributed by atoms with van der Waals surface area (Å²) in [6.45, 7) is 2.29. The van der Waals surface area contributed by atoms with Gasteiger partial charge in [0.25, 0.3) is 0 Å². The van der Waals surface area contributed by atoms with E-state index in [1.54, 1.807) is 0 Å². The normalized spacial score (nSPS) is 24.3. The molecule has 0 heteroatoms. The standard InChI is InChI=1S/C26H46/c1-2-3-4-5-6-7-8-9-10-11-12-13-14-15-16-17-18-21-26-22-19-25(24-26)20-23-26/h9-10,19,22,25H,2-8,11-18,20-21,23-24H2,1H3/b10-9-. The summed E-state index contributed by atoms with van der Waals surface area (Å²) in [4.78, 5) is 0. The fraction of sp³-hybridized carbons (Fsp3) is 0.846. The van der Waals surface area contributed by atoms with Gasteiger partial charge in [0.15, 0.2) is 0 Å². The van der Waals surface area contributed by atoms with Gasteiger partial charge in [0, 0.05) is 0 Å². The maximum atomic E-state index is 2.57. The molecule has 1 fully saturated rings. The first-order chi connectivity index (χ1) is 12.8. The molecule has 2 unspecified atom stereocenters. The van der Waals surface area contributed by atoms with Crippen LogP contribution in [0.15, 0.2) is 24.3 Å². The van der Waals surface area contributed by atoms with E-state index in [1.807, 2.05) is 0 Å². The van der Waals surface area contributed by atoms with Crippen LogP contribution in [0, 0.1) is 11.3 Å². The summed E-state index contributed by atoms with van der Waals surface area (Å²) in [5.74, 6) is 0.954. The first-order valence-electron chi connectivity index (χ1n) is 12.2. The molecule has 2 aliphatic carbocycles. The molecule has 0 amide bonds. The summed E-state index contributed by atoms with van der Waals surface area (Å²) in [5, 5.41) is 0. The van der Waals surface area contributed by atoms with Crippen molar-refractivity contribution in [3.8, 4) is 0 Å². The molecule has 2 bridgehead atoms. The maximum absolute atomic E-state index is 2.57. The van der Waals surface area contributed by atoms with Crippen LogP contribution in [0.1, 0.15) is 129 Å². The van der Waals surface area contributed by atoms with E-state index in [-0.39, 0.29) is 0 Å². The molecule has 0 saturated heterocycles. The molecule has 0 radical (unpaired) electrons. The summed E-state index contributed by atoms with van der Waals surface area (Å²) in [5.41, 5.74) is 0.659. The number of rotatable bonds is 17. The Hall–Kier alpha value is -0.520. The molecule has 0 aromatic rings. The van der Waals surface area contributed by atoms with Crippen LogP contribution in [-0.4, -0.2) is 0 Å². The third kappa shape index (κ3) is 8.92. The van der Waals surface area contributed by atoms with Gasteiger partial charge in [-0.25, -0.2) is 0 Å². The lowest BCUT2D eigenvalue weighted by Gasteiger charge is -2.23. The summed E-state index contributed by atoms with van der Waals surface area (Å²) >= 11 is 0. The second-order valence-corrected chi connectivity index (χ2v) is 9.27. The molecule has 2 atom stereocenters. The summed E-state index contributed by atoms with van der Waals surface area (Å²) in [6.07, 6.45) is 37.2. The fourth-order valence-electron chi connectivity index (χ4n) is 5.07. The van der Waals surface area contributed by atoms with Crippen LogP contribution in [0.5, 0.6) is 0 Å². The van der Waals surface area contributed by atoms with Gasteiger partial charge in [0.2, 0.25) is 0 Å². The first-order valence-corrected chi connectivity index (χ1v) is 12.2. The minimum atomic E-state index is 0.659. The molecule has 0 heterocycles. The largest absolute Gasteiger partial charge is 0.0885 e. The Morgan fingerprint density at radius 3 is 1.85 bits per heavy atom. The van der Waals surface area contributed by atoms with E-state index in [0.29, 0.717) is 5.41 Å². The highest BCUT2D eigenvalue weighted by Crippen LogP contribution is 2.52. The molecule has 2 aliphatic rings. The SMILES string of the molecule is CCCCCCCC/C=C\CCCCCCCCCC12C=CC(CC1)C2. The molecule has 0 aromatic heterocycles. The van der Waals surface area contributed by atoms with Gasteiger partial charge in [-0.05, 0) is 62.7 Å². The Balaban J connectivity index is 1.27. The lowest BCUT2D eigenvalue weighted by Crippen LogP contribution is -2.10. The highest BCUT2D eigenvalue weighted by molar-refractivity contribution is 5.15. The van der Waals surface area contributed by atoms with Crippen molar-refractivity contribution in [3.63, 3.8) is 0 Å². The molecular weight excluding hydrogens is 312 g/mol. The molecule has 26 heavy (non-hydrogen) atoms. The molecule has 0 N–H and O–H groups in total. The van der Waals surface area contributed by atoms with E-state index in [1.165, 1.54) is 122 Å². The zero-order valence-corrected chi connectivity index (χ0v) is 17.8. The maximum Gasteiger partial charge on any atom is -0.0112 e. The summed E-state index contributed by atoms with van der Waals surface area (Å²) in [6, 6.07) is 0. The second-order valence-electron chi connectivity index (χ2n) is 9.27. The van der Waals surface area contributed by atoms with Gasteiger partial charge in [-0.2, -0.15) is 0 Å². The van der Waals surface area contributed by atoms with Crippen LogP contribution in [0.4, 0.5) is 0 Å². The van der Waals surface area contributed by atoms with Crippen LogP contribution < -0.4 is 0 Å². The highest BCUT2D eigenvalue weighted by Gasteiger charge is 2.39. The van der Waals surface area contributed by atoms with Crippen LogP contribution in [-0.2, 0) is 0 Å². The van der Waals surface area contributed by atoms with Crippen molar-refractivity contribution in [2.24, 2.45) is 11.3 Å². The van der Waals surface area contributed by atoms with Crippen molar-refractivity contribution in [1.82, 2.24) is 0 Å². The van der Waals surface area contributed by atoms with Crippen LogP contribution >= 0.6 is 0 Å². The van der Waals surface area contributed by atoms with Gasteiger partial charge < -0.3 is 0 Å². The van der Waals surface area contributed by atoms with E-state index in [2.05, 4.69) is 31.2 Å². The number of hydrogen-bond donors (Lipinski definition) is 0.